The minimum absolute atomic E-state index is 0.0660. The van der Waals surface area contributed by atoms with Gasteiger partial charge in [0.1, 0.15) is 5.82 Å². The number of rotatable bonds is 3. The first-order valence-electron chi connectivity index (χ1n) is 5.27. The fourth-order valence-corrected chi connectivity index (χ4v) is 2.27. The third-order valence-corrected chi connectivity index (χ3v) is 3.21. The number of halogens is 3. The van der Waals surface area contributed by atoms with Crippen LogP contribution in [0.1, 0.15) is 10.5 Å². The van der Waals surface area contributed by atoms with E-state index in [1.165, 1.54) is 18.2 Å². The Kier molecular flexibility index (Phi) is 4.48. The van der Waals surface area contributed by atoms with E-state index in [2.05, 4.69) is 36.9 Å². The predicted octanol–water partition coefficient (Wildman–Crippen LogP) is 2.57. The number of hydrazine groups is 1. The van der Waals surface area contributed by atoms with Crippen LogP contribution in [0.2, 0.25) is 5.02 Å². The lowest BCUT2D eigenvalue weighted by atomic mass is 10.3. The van der Waals surface area contributed by atoms with Gasteiger partial charge in [0.25, 0.3) is 5.91 Å². The molecular formula is C11H8BrClFN5O. The van der Waals surface area contributed by atoms with Crippen LogP contribution in [-0.4, -0.2) is 16.1 Å². The quantitative estimate of drug-likeness (QED) is 0.578. The maximum absolute atomic E-state index is 13.1. The first-order valence-corrected chi connectivity index (χ1v) is 6.44. The van der Waals surface area contributed by atoms with Gasteiger partial charge in [-0.2, -0.15) is 0 Å². The molecule has 4 N–H and O–H groups in total. The Morgan fingerprint density at radius 3 is 2.65 bits per heavy atom. The average Bonchev–Trinajstić information content (AvgIpc) is 2.42. The van der Waals surface area contributed by atoms with Crippen molar-refractivity contribution in [3.63, 3.8) is 0 Å². The van der Waals surface area contributed by atoms with Gasteiger partial charge in [0.2, 0.25) is 0 Å². The lowest BCUT2D eigenvalue weighted by molar-refractivity contribution is 0.102. The summed E-state index contributed by atoms with van der Waals surface area (Å²) in [4.78, 5) is 12.0. The molecule has 0 aliphatic heterocycles. The first kappa shape index (κ1) is 14.6. The number of nitrogen functional groups attached to an aromatic ring is 1. The summed E-state index contributed by atoms with van der Waals surface area (Å²) in [6, 6.07) is 5.20. The second kappa shape index (κ2) is 6.12. The SMILES string of the molecule is NNc1ccc(C(=O)Nc2c(Cl)cc(F)cc2Br)nn1. The maximum Gasteiger partial charge on any atom is 0.276 e. The molecule has 1 amide bonds. The standard InChI is InChI=1S/C11H8BrClFN5O/c12-6-3-5(14)4-7(13)10(6)16-11(20)8-1-2-9(17-15)19-18-8/h1-4H,15H2,(H,16,20)(H,17,19). The predicted molar refractivity (Wildman–Crippen MR) is 76.9 cm³/mol. The second-order valence-corrected chi connectivity index (χ2v) is 4.91. The van der Waals surface area contributed by atoms with Crippen molar-refractivity contribution in [1.29, 1.82) is 0 Å². The van der Waals surface area contributed by atoms with Gasteiger partial charge in [-0.25, -0.2) is 10.2 Å². The van der Waals surface area contributed by atoms with Gasteiger partial charge in [-0.3, -0.25) is 4.79 Å². The molecular weight excluding hydrogens is 353 g/mol. The molecule has 0 aliphatic rings. The molecule has 20 heavy (non-hydrogen) atoms. The van der Waals surface area contributed by atoms with Crippen LogP contribution in [0.15, 0.2) is 28.7 Å². The van der Waals surface area contributed by atoms with E-state index in [-0.39, 0.29) is 16.4 Å². The zero-order valence-corrected chi connectivity index (χ0v) is 12.2. The van der Waals surface area contributed by atoms with E-state index in [1.807, 2.05) is 0 Å². The van der Waals surface area contributed by atoms with Gasteiger partial charge in [-0.1, -0.05) is 11.6 Å². The number of carbonyl (C=O) groups excluding carboxylic acids is 1. The summed E-state index contributed by atoms with van der Waals surface area (Å²) in [5, 5.41) is 9.94. The molecule has 104 valence electrons. The van der Waals surface area contributed by atoms with Crippen LogP contribution in [0, 0.1) is 5.82 Å². The molecule has 0 atom stereocenters. The van der Waals surface area contributed by atoms with E-state index in [9.17, 15) is 9.18 Å². The Labute approximate surface area is 126 Å². The van der Waals surface area contributed by atoms with Crippen molar-refractivity contribution in [3.05, 3.63) is 45.3 Å². The van der Waals surface area contributed by atoms with Crippen LogP contribution in [-0.2, 0) is 0 Å². The summed E-state index contributed by atoms with van der Waals surface area (Å²) in [5.74, 6) is 4.42. The summed E-state index contributed by atoms with van der Waals surface area (Å²) in [6.45, 7) is 0. The molecule has 0 unspecified atom stereocenters. The Morgan fingerprint density at radius 1 is 1.35 bits per heavy atom. The molecule has 0 spiro atoms. The number of amides is 1. The van der Waals surface area contributed by atoms with E-state index >= 15 is 0 Å². The van der Waals surface area contributed by atoms with Gasteiger partial charge in [-0.05, 0) is 40.2 Å². The largest absolute Gasteiger partial charge is 0.318 e. The molecule has 2 aromatic rings. The van der Waals surface area contributed by atoms with Gasteiger partial charge < -0.3 is 10.7 Å². The summed E-state index contributed by atoms with van der Waals surface area (Å²) in [7, 11) is 0. The van der Waals surface area contributed by atoms with Crippen LogP contribution in [0.25, 0.3) is 0 Å². The molecule has 0 aliphatic carbocycles. The zero-order valence-electron chi connectivity index (χ0n) is 9.82. The lowest BCUT2D eigenvalue weighted by Gasteiger charge is -2.09. The van der Waals surface area contributed by atoms with Crippen molar-refractivity contribution < 1.29 is 9.18 Å². The topological polar surface area (TPSA) is 92.9 Å². The monoisotopic (exact) mass is 359 g/mol. The number of hydrogen-bond donors (Lipinski definition) is 3. The molecule has 0 saturated carbocycles. The Morgan fingerprint density at radius 2 is 2.10 bits per heavy atom. The van der Waals surface area contributed by atoms with Crippen molar-refractivity contribution >= 4 is 44.9 Å². The highest BCUT2D eigenvalue weighted by molar-refractivity contribution is 9.10. The van der Waals surface area contributed by atoms with Crippen molar-refractivity contribution in [3.8, 4) is 0 Å². The molecule has 0 saturated heterocycles. The Balaban J connectivity index is 2.23. The van der Waals surface area contributed by atoms with E-state index in [4.69, 9.17) is 17.4 Å². The molecule has 1 aromatic carbocycles. The molecule has 1 aromatic heterocycles. The molecule has 1 heterocycles. The minimum atomic E-state index is -0.532. The minimum Gasteiger partial charge on any atom is -0.318 e. The number of anilines is 2. The van der Waals surface area contributed by atoms with Crippen LogP contribution in [0.4, 0.5) is 15.9 Å². The normalized spacial score (nSPS) is 10.2. The van der Waals surface area contributed by atoms with E-state index in [0.29, 0.717) is 10.3 Å². The van der Waals surface area contributed by atoms with Crippen LogP contribution in [0.5, 0.6) is 0 Å². The van der Waals surface area contributed by atoms with Crippen LogP contribution in [0.3, 0.4) is 0 Å². The molecule has 2 rings (SSSR count). The van der Waals surface area contributed by atoms with Crippen molar-refractivity contribution in [1.82, 2.24) is 10.2 Å². The summed E-state index contributed by atoms with van der Waals surface area (Å²) < 4.78 is 13.4. The highest BCUT2D eigenvalue weighted by Crippen LogP contribution is 2.31. The maximum atomic E-state index is 13.1. The molecule has 9 heteroatoms. The van der Waals surface area contributed by atoms with Gasteiger partial charge in [-0.15, -0.1) is 10.2 Å². The van der Waals surface area contributed by atoms with Crippen molar-refractivity contribution in [2.75, 3.05) is 10.7 Å². The lowest BCUT2D eigenvalue weighted by Crippen LogP contribution is -2.16. The number of carbonyl (C=O) groups is 1. The van der Waals surface area contributed by atoms with Gasteiger partial charge in [0, 0.05) is 4.47 Å². The number of hydrogen-bond acceptors (Lipinski definition) is 5. The fraction of sp³-hybridized carbons (Fsp3) is 0. The van der Waals surface area contributed by atoms with Crippen molar-refractivity contribution in [2.24, 2.45) is 5.84 Å². The zero-order chi connectivity index (χ0) is 14.7. The van der Waals surface area contributed by atoms with Gasteiger partial charge >= 0.3 is 0 Å². The molecule has 6 nitrogen and oxygen atoms in total. The van der Waals surface area contributed by atoms with Gasteiger partial charge in [0.15, 0.2) is 11.5 Å². The van der Waals surface area contributed by atoms with E-state index in [1.54, 1.807) is 0 Å². The molecule has 0 fully saturated rings. The number of nitrogens with zero attached hydrogens (tertiary/aromatic N) is 2. The highest BCUT2D eigenvalue weighted by atomic mass is 79.9. The van der Waals surface area contributed by atoms with Crippen LogP contribution < -0.4 is 16.6 Å². The number of aromatic nitrogens is 2. The second-order valence-electron chi connectivity index (χ2n) is 3.65. The molecule has 0 radical (unpaired) electrons. The number of benzene rings is 1. The van der Waals surface area contributed by atoms with E-state index < -0.39 is 11.7 Å². The number of nitrogens with one attached hydrogen (secondary N) is 2. The third kappa shape index (κ3) is 3.21. The number of nitrogens with two attached hydrogens (primary N) is 1. The average molecular weight is 361 g/mol. The summed E-state index contributed by atoms with van der Waals surface area (Å²) >= 11 is 8.99. The summed E-state index contributed by atoms with van der Waals surface area (Å²) in [6.07, 6.45) is 0. The first-order chi connectivity index (χ1) is 9.51. The van der Waals surface area contributed by atoms with Gasteiger partial charge in [0.05, 0.1) is 10.7 Å². The van der Waals surface area contributed by atoms with E-state index in [0.717, 1.165) is 6.07 Å². The van der Waals surface area contributed by atoms with Crippen LogP contribution >= 0.6 is 27.5 Å². The Bertz CT molecular complexity index is 629. The summed E-state index contributed by atoms with van der Waals surface area (Å²) in [5.41, 5.74) is 2.61. The third-order valence-electron chi connectivity index (χ3n) is 2.29. The smallest absolute Gasteiger partial charge is 0.276 e. The Hall–Kier alpha value is -1.77. The van der Waals surface area contributed by atoms with Crippen molar-refractivity contribution in [2.45, 2.75) is 0 Å². The highest BCUT2D eigenvalue weighted by Gasteiger charge is 2.14. The fourth-order valence-electron chi connectivity index (χ4n) is 1.37. The molecule has 0 bridgehead atoms.